The predicted molar refractivity (Wildman–Crippen MR) is 75.2 cm³/mol. The van der Waals surface area contributed by atoms with Crippen molar-refractivity contribution >= 4 is 17.5 Å². The van der Waals surface area contributed by atoms with Crippen LogP contribution >= 0.6 is 0 Å². The van der Waals surface area contributed by atoms with Gasteiger partial charge in [-0.2, -0.15) is 0 Å². The third-order valence-electron chi connectivity index (χ3n) is 3.97. The number of aromatic carboxylic acids is 1. The highest BCUT2D eigenvalue weighted by molar-refractivity contribution is 5.96. The number of aromatic nitrogens is 1. The number of nitrogens with zero attached hydrogens (tertiary/aromatic N) is 1. The molecule has 1 heterocycles. The summed E-state index contributed by atoms with van der Waals surface area (Å²) >= 11 is 0. The summed E-state index contributed by atoms with van der Waals surface area (Å²) in [6.07, 6.45) is 4.91. The number of pyridine rings is 1. The number of nitrogens with one attached hydrogen (secondary N) is 1. The van der Waals surface area contributed by atoms with Crippen LogP contribution in [-0.4, -0.2) is 22.1 Å². The molecule has 0 spiro atoms. The SMILES string of the molecule is CC1CCC(Nc2nccc(C(=O)O)c2N)C(C)C1. The van der Waals surface area contributed by atoms with Gasteiger partial charge in [0.05, 0.1) is 11.3 Å². The van der Waals surface area contributed by atoms with Crippen LogP contribution in [0.5, 0.6) is 0 Å². The van der Waals surface area contributed by atoms with E-state index in [0.29, 0.717) is 17.8 Å². The Balaban J connectivity index is 2.15. The van der Waals surface area contributed by atoms with E-state index in [0.717, 1.165) is 12.3 Å². The molecule has 1 saturated carbocycles. The molecule has 0 amide bonds. The lowest BCUT2D eigenvalue weighted by molar-refractivity contribution is 0.0698. The van der Waals surface area contributed by atoms with Gasteiger partial charge in [-0.1, -0.05) is 13.8 Å². The third kappa shape index (κ3) is 2.97. The van der Waals surface area contributed by atoms with Crippen LogP contribution in [0.25, 0.3) is 0 Å². The fourth-order valence-electron chi connectivity index (χ4n) is 2.83. The first-order chi connectivity index (χ1) is 8.99. The summed E-state index contributed by atoms with van der Waals surface area (Å²) in [5.41, 5.74) is 6.20. The molecule has 4 N–H and O–H groups in total. The van der Waals surface area contributed by atoms with Crippen LogP contribution in [0.2, 0.25) is 0 Å². The summed E-state index contributed by atoms with van der Waals surface area (Å²) in [6.45, 7) is 4.48. The number of carboxylic acid groups (broad SMARTS) is 1. The number of carbonyl (C=O) groups is 1. The van der Waals surface area contributed by atoms with Crippen molar-refractivity contribution in [1.82, 2.24) is 4.98 Å². The quantitative estimate of drug-likeness (QED) is 0.780. The first-order valence-electron chi connectivity index (χ1n) is 6.73. The lowest BCUT2D eigenvalue weighted by atomic mass is 9.80. The van der Waals surface area contributed by atoms with Crippen LogP contribution in [-0.2, 0) is 0 Å². The molecule has 0 bridgehead atoms. The van der Waals surface area contributed by atoms with Crippen LogP contribution in [0.15, 0.2) is 12.3 Å². The highest BCUT2D eigenvalue weighted by atomic mass is 16.4. The Kier molecular flexibility index (Phi) is 3.93. The van der Waals surface area contributed by atoms with E-state index in [1.807, 2.05) is 0 Å². The van der Waals surface area contributed by atoms with Gasteiger partial charge >= 0.3 is 5.97 Å². The van der Waals surface area contributed by atoms with E-state index in [9.17, 15) is 4.79 Å². The zero-order valence-corrected chi connectivity index (χ0v) is 11.4. The second-order valence-corrected chi connectivity index (χ2v) is 5.57. The van der Waals surface area contributed by atoms with Crippen molar-refractivity contribution in [2.24, 2.45) is 11.8 Å². The van der Waals surface area contributed by atoms with Gasteiger partial charge in [0.2, 0.25) is 0 Å². The summed E-state index contributed by atoms with van der Waals surface area (Å²) in [7, 11) is 0. The van der Waals surface area contributed by atoms with E-state index < -0.39 is 5.97 Å². The maximum atomic E-state index is 11.0. The van der Waals surface area contributed by atoms with Crippen LogP contribution < -0.4 is 11.1 Å². The molecular weight excluding hydrogens is 242 g/mol. The Morgan fingerprint density at radius 3 is 2.84 bits per heavy atom. The molecule has 104 valence electrons. The lowest BCUT2D eigenvalue weighted by Gasteiger charge is -2.33. The molecule has 3 atom stereocenters. The van der Waals surface area contributed by atoms with E-state index in [1.165, 1.54) is 25.1 Å². The molecule has 5 heteroatoms. The maximum Gasteiger partial charge on any atom is 0.337 e. The highest BCUT2D eigenvalue weighted by Gasteiger charge is 2.26. The third-order valence-corrected chi connectivity index (χ3v) is 3.97. The molecular formula is C14H21N3O2. The van der Waals surface area contributed by atoms with Crippen LogP contribution in [0.4, 0.5) is 11.5 Å². The zero-order chi connectivity index (χ0) is 14.0. The van der Waals surface area contributed by atoms with Crippen molar-refractivity contribution in [3.8, 4) is 0 Å². The zero-order valence-electron chi connectivity index (χ0n) is 11.4. The van der Waals surface area contributed by atoms with Gasteiger partial charge in [0.1, 0.15) is 5.82 Å². The molecule has 3 unspecified atom stereocenters. The van der Waals surface area contributed by atoms with Gasteiger partial charge in [-0.15, -0.1) is 0 Å². The molecule has 0 saturated heterocycles. The van der Waals surface area contributed by atoms with E-state index >= 15 is 0 Å². The first-order valence-corrected chi connectivity index (χ1v) is 6.73. The minimum Gasteiger partial charge on any atom is -0.478 e. The molecule has 0 aliphatic heterocycles. The van der Waals surface area contributed by atoms with Crippen molar-refractivity contribution < 1.29 is 9.90 Å². The van der Waals surface area contributed by atoms with Crippen molar-refractivity contribution in [1.29, 1.82) is 0 Å². The Morgan fingerprint density at radius 1 is 1.47 bits per heavy atom. The number of nitrogen functional groups attached to an aromatic ring is 1. The second kappa shape index (κ2) is 5.47. The minimum absolute atomic E-state index is 0.106. The van der Waals surface area contributed by atoms with Gasteiger partial charge in [-0.25, -0.2) is 9.78 Å². The fraction of sp³-hybridized carbons (Fsp3) is 0.571. The smallest absolute Gasteiger partial charge is 0.337 e. The number of anilines is 2. The van der Waals surface area contributed by atoms with Gasteiger partial charge < -0.3 is 16.2 Å². The lowest BCUT2D eigenvalue weighted by Crippen LogP contribution is -2.33. The van der Waals surface area contributed by atoms with E-state index in [2.05, 4.69) is 24.1 Å². The van der Waals surface area contributed by atoms with Crippen molar-refractivity contribution in [3.63, 3.8) is 0 Å². The van der Waals surface area contributed by atoms with Gasteiger partial charge in [-0.05, 0) is 37.2 Å². The van der Waals surface area contributed by atoms with Gasteiger partial charge in [0.25, 0.3) is 0 Å². The molecule has 2 rings (SSSR count). The second-order valence-electron chi connectivity index (χ2n) is 5.57. The first kappa shape index (κ1) is 13.6. The van der Waals surface area contributed by atoms with Crippen LogP contribution in [0.1, 0.15) is 43.5 Å². The van der Waals surface area contributed by atoms with Gasteiger partial charge in [0, 0.05) is 12.2 Å². The highest BCUT2D eigenvalue weighted by Crippen LogP contribution is 2.31. The molecule has 1 aromatic rings. The van der Waals surface area contributed by atoms with E-state index in [4.69, 9.17) is 10.8 Å². The van der Waals surface area contributed by atoms with Gasteiger partial charge in [0.15, 0.2) is 0 Å². The Bertz CT molecular complexity index is 476. The van der Waals surface area contributed by atoms with Crippen LogP contribution in [0.3, 0.4) is 0 Å². The molecule has 0 radical (unpaired) electrons. The predicted octanol–water partition coefficient (Wildman–Crippen LogP) is 2.60. The summed E-state index contributed by atoms with van der Waals surface area (Å²) in [6, 6.07) is 1.74. The standard InChI is InChI=1S/C14H21N3O2/c1-8-3-4-11(9(2)7-8)17-13-12(15)10(14(18)19)5-6-16-13/h5-6,8-9,11H,3-4,7,15H2,1-2H3,(H,16,17)(H,18,19). The maximum absolute atomic E-state index is 11.0. The summed E-state index contributed by atoms with van der Waals surface area (Å²) < 4.78 is 0. The molecule has 5 nitrogen and oxygen atoms in total. The molecule has 1 fully saturated rings. The van der Waals surface area contributed by atoms with Crippen LogP contribution in [0, 0.1) is 11.8 Å². The largest absolute Gasteiger partial charge is 0.478 e. The number of rotatable bonds is 3. The van der Waals surface area contributed by atoms with Crippen molar-refractivity contribution in [3.05, 3.63) is 17.8 Å². The van der Waals surface area contributed by atoms with Crippen molar-refractivity contribution in [2.45, 2.75) is 39.2 Å². The van der Waals surface area contributed by atoms with E-state index in [1.54, 1.807) is 0 Å². The number of hydrogen-bond donors (Lipinski definition) is 3. The van der Waals surface area contributed by atoms with E-state index in [-0.39, 0.29) is 11.3 Å². The Labute approximate surface area is 113 Å². The normalized spacial score (nSPS) is 26.9. The summed E-state index contributed by atoms with van der Waals surface area (Å²) in [4.78, 5) is 15.2. The summed E-state index contributed by atoms with van der Waals surface area (Å²) in [5.74, 6) is 0.765. The average molecular weight is 263 g/mol. The topological polar surface area (TPSA) is 88.2 Å². The molecule has 1 aliphatic rings. The van der Waals surface area contributed by atoms with Gasteiger partial charge in [-0.3, -0.25) is 0 Å². The molecule has 1 aromatic heterocycles. The monoisotopic (exact) mass is 263 g/mol. The van der Waals surface area contributed by atoms with Crippen molar-refractivity contribution in [2.75, 3.05) is 11.1 Å². The average Bonchev–Trinajstić information content (AvgIpc) is 2.34. The summed E-state index contributed by atoms with van der Waals surface area (Å²) in [5, 5.41) is 12.4. The number of hydrogen-bond acceptors (Lipinski definition) is 4. The number of carboxylic acids is 1. The minimum atomic E-state index is -1.02. The molecule has 19 heavy (non-hydrogen) atoms. The Hall–Kier alpha value is -1.78. The number of nitrogens with two attached hydrogens (primary N) is 1. The fourth-order valence-corrected chi connectivity index (χ4v) is 2.83. The Morgan fingerprint density at radius 2 is 2.21 bits per heavy atom. The molecule has 0 aromatic carbocycles. The molecule has 1 aliphatic carbocycles.